The highest BCUT2D eigenvalue weighted by atomic mass is 15.1. The van der Waals surface area contributed by atoms with Crippen LogP contribution in [0.25, 0.3) is 0 Å². The zero-order chi connectivity index (χ0) is 12.1. The molecule has 0 aromatic heterocycles. The number of rotatable bonds is 2. The fraction of sp³-hybridized carbons (Fsp3) is 0.929. The number of nitrogens with one attached hydrogen (secondary N) is 1. The topological polar surface area (TPSA) is 50.4 Å². The summed E-state index contributed by atoms with van der Waals surface area (Å²) in [5.74, 6) is 1.57. The molecule has 0 aromatic rings. The van der Waals surface area contributed by atoms with Gasteiger partial charge in [-0.1, -0.05) is 32.6 Å². The Labute approximate surface area is 105 Å². The van der Waals surface area contributed by atoms with E-state index in [0.717, 1.165) is 5.92 Å². The van der Waals surface area contributed by atoms with Gasteiger partial charge in [-0.15, -0.1) is 0 Å². The third kappa shape index (κ3) is 4.21. The monoisotopic (exact) mass is 237 g/mol. The Bertz CT molecular complexity index is 256. The van der Waals surface area contributed by atoms with Gasteiger partial charge in [-0.25, -0.2) is 0 Å². The molecule has 0 spiro atoms. The lowest BCUT2D eigenvalue weighted by molar-refractivity contribution is 0.498. The Morgan fingerprint density at radius 3 is 2.53 bits per heavy atom. The molecule has 0 amide bonds. The molecule has 2 atom stereocenters. The molecular formula is C14H27N3. The van der Waals surface area contributed by atoms with E-state index in [4.69, 9.17) is 5.73 Å². The lowest BCUT2D eigenvalue weighted by atomic mass is 10.0. The molecule has 0 saturated heterocycles. The molecule has 3 N–H and O–H groups in total. The fourth-order valence-electron chi connectivity index (χ4n) is 3.11. The predicted molar refractivity (Wildman–Crippen MR) is 73.1 cm³/mol. The molecule has 3 nitrogen and oxygen atoms in total. The van der Waals surface area contributed by atoms with Crippen LogP contribution in [-0.4, -0.2) is 18.0 Å². The summed E-state index contributed by atoms with van der Waals surface area (Å²) in [6.07, 6.45) is 11.6. The van der Waals surface area contributed by atoms with E-state index in [1.165, 1.54) is 57.8 Å². The highest BCUT2D eigenvalue weighted by Gasteiger charge is 2.18. The van der Waals surface area contributed by atoms with Crippen LogP contribution in [0.5, 0.6) is 0 Å². The second-order valence-electron chi connectivity index (χ2n) is 5.91. The smallest absolute Gasteiger partial charge is 0.189 e. The maximum Gasteiger partial charge on any atom is 0.189 e. The van der Waals surface area contributed by atoms with Crippen LogP contribution in [0.4, 0.5) is 0 Å². The fourth-order valence-corrected chi connectivity index (χ4v) is 3.11. The number of aliphatic imine (C=N–C) groups is 1. The average molecular weight is 237 g/mol. The molecule has 98 valence electrons. The van der Waals surface area contributed by atoms with Crippen molar-refractivity contribution in [3.05, 3.63) is 0 Å². The molecule has 2 rings (SSSR count). The number of guanidine groups is 1. The minimum absolute atomic E-state index is 0.467. The van der Waals surface area contributed by atoms with Crippen molar-refractivity contribution >= 4 is 5.96 Å². The van der Waals surface area contributed by atoms with E-state index in [9.17, 15) is 0 Å². The normalized spacial score (nSPS) is 32.4. The molecule has 2 aliphatic rings. The zero-order valence-electron chi connectivity index (χ0n) is 11.1. The SMILES string of the molecule is CC1CCCC(N=C(N)NC2CCCC2)CC1. The summed E-state index contributed by atoms with van der Waals surface area (Å²) in [6.45, 7) is 2.35. The Morgan fingerprint density at radius 1 is 1.00 bits per heavy atom. The summed E-state index contributed by atoms with van der Waals surface area (Å²) >= 11 is 0. The van der Waals surface area contributed by atoms with Crippen LogP contribution in [-0.2, 0) is 0 Å². The van der Waals surface area contributed by atoms with Crippen LogP contribution in [0.15, 0.2) is 4.99 Å². The van der Waals surface area contributed by atoms with Crippen molar-refractivity contribution in [1.82, 2.24) is 5.32 Å². The Balaban J connectivity index is 1.80. The molecule has 17 heavy (non-hydrogen) atoms. The standard InChI is InChI=1S/C14H27N3/c1-11-5-4-8-13(10-9-11)17-14(15)16-12-6-2-3-7-12/h11-13H,2-10H2,1H3,(H3,15,16,17). The van der Waals surface area contributed by atoms with E-state index in [-0.39, 0.29) is 0 Å². The van der Waals surface area contributed by atoms with Gasteiger partial charge in [0.2, 0.25) is 0 Å². The molecular weight excluding hydrogens is 210 g/mol. The van der Waals surface area contributed by atoms with E-state index < -0.39 is 0 Å². The largest absolute Gasteiger partial charge is 0.370 e. The molecule has 2 saturated carbocycles. The van der Waals surface area contributed by atoms with Gasteiger partial charge in [0.1, 0.15) is 0 Å². The number of hydrogen-bond acceptors (Lipinski definition) is 1. The van der Waals surface area contributed by atoms with E-state index in [1.807, 2.05) is 0 Å². The number of nitrogens with two attached hydrogens (primary N) is 1. The first-order valence-corrected chi connectivity index (χ1v) is 7.34. The lowest BCUT2D eigenvalue weighted by Crippen LogP contribution is -2.39. The van der Waals surface area contributed by atoms with Crippen LogP contribution in [0.2, 0.25) is 0 Å². The summed E-state index contributed by atoms with van der Waals surface area (Å²) in [5.41, 5.74) is 6.01. The molecule has 0 aliphatic heterocycles. The molecule has 0 radical (unpaired) electrons. The van der Waals surface area contributed by atoms with Crippen LogP contribution >= 0.6 is 0 Å². The summed E-state index contributed by atoms with van der Waals surface area (Å²) < 4.78 is 0. The van der Waals surface area contributed by atoms with Crippen LogP contribution < -0.4 is 11.1 Å². The lowest BCUT2D eigenvalue weighted by Gasteiger charge is -2.15. The highest BCUT2D eigenvalue weighted by molar-refractivity contribution is 5.78. The first-order chi connectivity index (χ1) is 8.24. The van der Waals surface area contributed by atoms with Crippen molar-refractivity contribution in [2.24, 2.45) is 16.6 Å². The first kappa shape index (κ1) is 12.7. The van der Waals surface area contributed by atoms with E-state index in [2.05, 4.69) is 17.2 Å². The molecule has 0 heterocycles. The van der Waals surface area contributed by atoms with Gasteiger partial charge >= 0.3 is 0 Å². The van der Waals surface area contributed by atoms with Crippen LogP contribution in [0, 0.1) is 5.92 Å². The van der Waals surface area contributed by atoms with Crippen LogP contribution in [0.3, 0.4) is 0 Å². The molecule has 2 fully saturated rings. The molecule has 2 unspecified atom stereocenters. The van der Waals surface area contributed by atoms with E-state index >= 15 is 0 Å². The highest BCUT2D eigenvalue weighted by Crippen LogP contribution is 2.24. The molecule has 0 aromatic carbocycles. The van der Waals surface area contributed by atoms with Gasteiger partial charge < -0.3 is 11.1 Å². The molecule has 3 heteroatoms. The zero-order valence-corrected chi connectivity index (χ0v) is 11.1. The van der Waals surface area contributed by atoms with Gasteiger partial charge in [-0.2, -0.15) is 0 Å². The van der Waals surface area contributed by atoms with Crippen molar-refractivity contribution in [2.45, 2.75) is 76.8 Å². The third-order valence-electron chi connectivity index (χ3n) is 4.26. The number of hydrogen-bond donors (Lipinski definition) is 2. The van der Waals surface area contributed by atoms with Crippen molar-refractivity contribution in [1.29, 1.82) is 0 Å². The Morgan fingerprint density at radius 2 is 1.76 bits per heavy atom. The van der Waals surface area contributed by atoms with Crippen LogP contribution in [0.1, 0.15) is 64.7 Å². The summed E-state index contributed by atoms with van der Waals surface area (Å²) in [5, 5.41) is 3.39. The van der Waals surface area contributed by atoms with E-state index in [1.54, 1.807) is 0 Å². The second kappa shape index (κ2) is 6.27. The summed E-state index contributed by atoms with van der Waals surface area (Å²) in [6, 6.07) is 1.05. The minimum atomic E-state index is 0.467. The van der Waals surface area contributed by atoms with Gasteiger partial charge in [0.15, 0.2) is 5.96 Å². The van der Waals surface area contributed by atoms with Gasteiger partial charge in [-0.3, -0.25) is 4.99 Å². The third-order valence-corrected chi connectivity index (χ3v) is 4.26. The van der Waals surface area contributed by atoms with E-state index in [0.29, 0.717) is 18.0 Å². The molecule has 0 bridgehead atoms. The maximum atomic E-state index is 6.01. The van der Waals surface area contributed by atoms with Gasteiger partial charge in [0.25, 0.3) is 0 Å². The Hall–Kier alpha value is -0.730. The second-order valence-corrected chi connectivity index (χ2v) is 5.91. The Kier molecular flexibility index (Phi) is 4.69. The van der Waals surface area contributed by atoms with Gasteiger partial charge in [0, 0.05) is 6.04 Å². The van der Waals surface area contributed by atoms with Crippen molar-refractivity contribution < 1.29 is 0 Å². The number of nitrogens with zero attached hydrogens (tertiary/aromatic N) is 1. The van der Waals surface area contributed by atoms with Gasteiger partial charge in [0.05, 0.1) is 6.04 Å². The van der Waals surface area contributed by atoms with Crippen molar-refractivity contribution in [2.75, 3.05) is 0 Å². The average Bonchev–Trinajstić information content (AvgIpc) is 2.70. The summed E-state index contributed by atoms with van der Waals surface area (Å²) in [7, 11) is 0. The quantitative estimate of drug-likeness (QED) is 0.441. The molecule has 2 aliphatic carbocycles. The summed E-state index contributed by atoms with van der Waals surface area (Å²) in [4.78, 5) is 4.68. The minimum Gasteiger partial charge on any atom is -0.370 e. The van der Waals surface area contributed by atoms with Crippen molar-refractivity contribution in [3.8, 4) is 0 Å². The predicted octanol–water partition coefficient (Wildman–Crippen LogP) is 2.80. The first-order valence-electron chi connectivity index (χ1n) is 7.34. The van der Waals surface area contributed by atoms with Crippen molar-refractivity contribution in [3.63, 3.8) is 0 Å². The van der Waals surface area contributed by atoms with Gasteiger partial charge in [-0.05, 0) is 38.0 Å². The maximum absolute atomic E-state index is 6.01.